The zero-order chi connectivity index (χ0) is 20.2. The number of rotatable bonds is 6. The van der Waals surface area contributed by atoms with Gasteiger partial charge in [0.05, 0.1) is 11.4 Å². The molecule has 1 amide bonds. The van der Waals surface area contributed by atoms with Gasteiger partial charge in [0.25, 0.3) is 0 Å². The number of halogens is 1. The van der Waals surface area contributed by atoms with E-state index in [-0.39, 0.29) is 17.5 Å². The average Bonchev–Trinajstić information content (AvgIpc) is 3.37. The molecule has 4 aromatic rings. The number of amides is 1. The lowest BCUT2D eigenvalue weighted by atomic mass is 10.1. The zero-order valence-corrected chi connectivity index (χ0v) is 17.1. The molecule has 0 spiro atoms. The minimum absolute atomic E-state index is 0.147. The first-order valence-electron chi connectivity index (χ1n) is 8.83. The number of aromatic nitrogens is 3. The van der Waals surface area contributed by atoms with Crippen LogP contribution in [-0.4, -0.2) is 26.6 Å². The van der Waals surface area contributed by atoms with Gasteiger partial charge >= 0.3 is 0 Å². The summed E-state index contributed by atoms with van der Waals surface area (Å²) >= 11 is 2.72. The molecule has 4 rings (SSSR count). The first kappa shape index (κ1) is 19.4. The molecule has 2 N–H and O–H groups in total. The van der Waals surface area contributed by atoms with Crippen LogP contribution in [0, 0.1) is 12.7 Å². The Morgan fingerprint density at radius 3 is 2.55 bits per heavy atom. The number of hydrogen-bond acceptors (Lipinski definition) is 5. The lowest BCUT2D eigenvalue weighted by molar-refractivity contribution is -0.113. The summed E-state index contributed by atoms with van der Waals surface area (Å²) in [6.07, 6.45) is 1.64. The molecule has 0 fully saturated rings. The van der Waals surface area contributed by atoms with E-state index in [9.17, 15) is 9.18 Å². The van der Waals surface area contributed by atoms with E-state index >= 15 is 0 Å². The highest BCUT2D eigenvalue weighted by Crippen LogP contribution is 2.33. The number of carbonyl (C=O) groups is 1. The first-order chi connectivity index (χ1) is 14.1. The van der Waals surface area contributed by atoms with Gasteiger partial charge in [-0.15, -0.1) is 11.3 Å². The van der Waals surface area contributed by atoms with Gasteiger partial charge in [0, 0.05) is 22.7 Å². The Kier molecular flexibility index (Phi) is 5.73. The van der Waals surface area contributed by atoms with Gasteiger partial charge in [-0.05, 0) is 31.2 Å². The highest BCUT2D eigenvalue weighted by Gasteiger charge is 2.16. The van der Waals surface area contributed by atoms with Crippen LogP contribution in [0.4, 0.5) is 9.52 Å². The van der Waals surface area contributed by atoms with Gasteiger partial charge in [-0.1, -0.05) is 41.6 Å². The number of thiazole rings is 1. The van der Waals surface area contributed by atoms with Crippen LogP contribution in [-0.2, 0) is 4.79 Å². The van der Waals surface area contributed by atoms with Gasteiger partial charge in [0.15, 0.2) is 5.13 Å². The van der Waals surface area contributed by atoms with E-state index in [1.807, 2.05) is 31.2 Å². The number of nitrogens with zero attached hydrogens (tertiary/aromatic N) is 2. The number of thioether (sulfide) groups is 1. The summed E-state index contributed by atoms with van der Waals surface area (Å²) in [5.41, 5.74) is 3.73. The number of benzene rings is 2. The van der Waals surface area contributed by atoms with E-state index in [4.69, 9.17) is 0 Å². The summed E-state index contributed by atoms with van der Waals surface area (Å²) in [4.78, 5) is 24.3. The molecule has 2 heterocycles. The van der Waals surface area contributed by atoms with Gasteiger partial charge in [0.2, 0.25) is 5.91 Å². The van der Waals surface area contributed by atoms with Gasteiger partial charge in [-0.3, -0.25) is 4.79 Å². The minimum Gasteiger partial charge on any atom is -0.337 e. The minimum atomic E-state index is -0.299. The van der Waals surface area contributed by atoms with Gasteiger partial charge < -0.3 is 10.3 Å². The fourth-order valence-electron chi connectivity index (χ4n) is 2.70. The van der Waals surface area contributed by atoms with Crippen LogP contribution < -0.4 is 5.32 Å². The van der Waals surface area contributed by atoms with Crippen molar-refractivity contribution in [1.29, 1.82) is 0 Å². The predicted molar refractivity (Wildman–Crippen MR) is 116 cm³/mol. The quantitative estimate of drug-likeness (QED) is 0.408. The SMILES string of the molecule is Cc1ccc(-c2[nH]c(-c3ccc(F)cc3)nc2SCC(=O)Nc2nccs2)cc1. The number of hydrogen-bond donors (Lipinski definition) is 2. The van der Waals surface area contributed by atoms with Crippen molar-refractivity contribution in [3.05, 3.63) is 71.5 Å². The predicted octanol–water partition coefficient (Wildman–Crippen LogP) is 5.38. The molecule has 0 saturated carbocycles. The van der Waals surface area contributed by atoms with Crippen molar-refractivity contribution < 1.29 is 9.18 Å². The highest BCUT2D eigenvalue weighted by molar-refractivity contribution is 8.00. The third-order valence-electron chi connectivity index (χ3n) is 4.15. The van der Waals surface area contributed by atoms with Crippen LogP contribution in [0.5, 0.6) is 0 Å². The van der Waals surface area contributed by atoms with Crippen molar-refractivity contribution in [1.82, 2.24) is 15.0 Å². The van der Waals surface area contributed by atoms with E-state index in [0.717, 1.165) is 22.4 Å². The van der Waals surface area contributed by atoms with Crippen molar-refractivity contribution in [3.8, 4) is 22.6 Å². The van der Waals surface area contributed by atoms with Crippen LogP contribution in [0.1, 0.15) is 5.56 Å². The van der Waals surface area contributed by atoms with Crippen LogP contribution in [0.3, 0.4) is 0 Å². The molecule has 0 unspecified atom stereocenters. The molecule has 8 heteroatoms. The molecule has 29 heavy (non-hydrogen) atoms. The maximum atomic E-state index is 13.3. The Balaban J connectivity index is 1.60. The van der Waals surface area contributed by atoms with Crippen LogP contribution in [0.15, 0.2) is 65.1 Å². The van der Waals surface area contributed by atoms with Crippen LogP contribution in [0.2, 0.25) is 0 Å². The van der Waals surface area contributed by atoms with Crippen LogP contribution in [0.25, 0.3) is 22.6 Å². The van der Waals surface area contributed by atoms with Gasteiger partial charge in [-0.2, -0.15) is 0 Å². The Labute approximate surface area is 175 Å². The summed E-state index contributed by atoms with van der Waals surface area (Å²) in [5.74, 6) is 0.383. The number of carbonyl (C=O) groups excluding carboxylic acids is 1. The van der Waals surface area contributed by atoms with E-state index in [2.05, 4.69) is 20.3 Å². The summed E-state index contributed by atoms with van der Waals surface area (Å²) in [7, 11) is 0. The molecule has 0 bridgehead atoms. The Morgan fingerprint density at radius 1 is 1.14 bits per heavy atom. The fourth-order valence-corrected chi connectivity index (χ4v) is 4.05. The van der Waals surface area contributed by atoms with Gasteiger partial charge in [0.1, 0.15) is 16.7 Å². The van der Waals surface area contributed by atoms with Crippen molar-refractivity contribution >= 4 is 34.1 Å². The second kappa shape index (κ2) is 8.59. The van der Waals surface area contributed by atoms with Crippen molar-refractivity contribution in [2.24, 2.45) is 0 Å². The molecule has 0 atom stereocenters. The number of imidazole rings is 1. The molecule has 0 radical (unpaired) electrons. The first-order valence-corrected chi connectivity index (χ1v) is 10.7. The van der Waals surface area contributed by atoms with Crippen molar-refractivity contribution in [3.63, 3.8) is 0 Å². The molecule has 0 aliphatic heterocycles. The molecule has 5 nitrogen and oxygen atoms in total. The lowest BCUT2D eigenvalue weighted by Gasteiger charge is -2.04. The maximum Gasteiger partial charge on any atom is 0.236 e. The normalized spacial score (nSPS) is 10.8. The number of aromatic amines is 1. The Hall–Kier alpha value is -2.97. The zero-order valence-electron chi connectivity index (χ0n) is 15.5. The largest absolute Gasteiger partial charge is 0.337 e. The number of aryl methyl sites for hydroxylation is 1. The standard InChI is InChI=1S/C21H17FN4OS2/c1-13-2-4-14(5-3-13)18-20(29-12-17(27)24-21-23-10-11-28-21)26-19(25-18)15-6-8-16(22)9-7-15/h2-11H,12H2,1H3,(H,25,26)(H,23,24,27). The summed E-state index contributed by atoms with van der Waals surface area (Å²) in [6.45, 7) is 2.03. The molecule has 146 valence electrons. The van der Waals surface area contributed by atoms with E-state index in [0.29, 0.717) is 16.0 Å². The van der Waals surface area contributed by atoms with E-state index in [1.165, 1.54) is 35.2 Å². The topological polar surface area (TPSA) is 70.7 Å². The number of anilines is 1. The lowest BCUT2D eigenvalue weighted by Crippen LogP contribution is -2.13. The average molecular weight is 425 g/mol. The molecular weight excluding hydrogens is 407 g/mol. The smallest absolute Gasteiger partial charge is 0.236 e. The summed E-state index contributed by atoms with van der Waals surface area (Å²) in [6, 6.07) is 14.2. The Bertz CT molecular complexity index is 1110. The molecule has 0 aliphatic rings. The molecule has 0 saturated heterocycles. The maximum absolute atomic E-state index is 13.3. The number of H-pyrrole nitrogens is 1. The second-order valence-corrected chi connectivity index (χ2v) is 8.17. The second-order valence-electron chi connectivity index (χ2n) is 6.31. The molecule has 2 aromatic heterocycles. The third kappa shape index (κ3) is 4.72. The Morgan fingerprint density at radius 2 is 1.86 bits per heavy atom. The summed E-state index contributed by atoms with van der Waals surface area (Å²) in [5, 5.41) is 5.86. The van der Waals surface area contributed by atoms with Crippen molar-refractivity contribution in [2.45, 2.75) is 11.9 Å². The van der Waals surface area contributed by atoms with Crippen LogP contribution >= 0.6 is 23.1 Å². The monoisotopic (exact) mass is 424 g/mol. The summed E-state index contributed by atoms with van der Waals surface area (Å²) < 4.78 is 13.3. The number of nitrogens with one attached hydrogen (secondary N) is 2. The molecule has 0 aliphatic carbocycles. The molecular formula is C21H17FN4OS2. The van der Waals surface area contributed by atoms with E-state index in [1.54, 1.807) is 23.7 Å². The van der Waals surface area contributed by atoms with E-state index < -0.39 is 0 Å². The fraction of sp³-hybridized carbons (Fsp3) is 0.0952. The highest BCUT2D eigenvalue weighted by atomic mass is 32.2. The third-order valence-corrected chi connectivity index (χ3v) is 5.81. The molecule has 2 aromatic carbocycles. The van der Waals surface area contributed by atoms with Crippen molar-refractivity contribution in [2.75, 3.05) is 11.1 Å². The van der Waals surface area contributed by atoms with Gasteiger partial charge in [-0.25, -0.2) is 14.4 Å².